The Labute approximate surface area is 126 Å². The Bertz CT molecular complexity index is 535. The summed E-state index contributed by atoms with van der Waals surface area (Å²) in [5.74, 6) is 0.537. The van der Waals surface area contributed by atoms with E-state index in [-0.39, 0.29) is 6.04 Å². The van der Waals surface area contributed by atoms with Crippen molar-refractivity contribution in [2.75, 3.05) is 13.6 Å². The smallest absolute Gasteiger partial charge is 0.244 e. The summed E-state index contributed by atoms with van der Waals surface area (Å²) >= 11 is 1.51. The predicted octanol–water partition coefficient (Wildman–Crippen LogP) is 2.67. The van der Waals surface area contributed by atoms with Crippen LogP contribution in [0, 0.1) is 5.92 Å². The number of rotatable bonds is 8. The van der Waals surface area contributed by atoms with Crippen LogP contribution in [0.15, 0.2) is 16.3 Å². The molecule has 0 radical (unpaired) electrons. The molecule has 1 aromatic heterocycles. The topological polar surface area (TPSA) is 49.4 Å². The summed E-state index contributed by atoms with van der Waals surface area (Å²) < 4.78 is 27.0. The van der Waals surface area contributed by atoms with Gasteiger partial charge in [0.25, 0.3) is 0 Å². The molecule has 1 aliphatic carbocycles. The molecule has 1 aromatic rings. The fourth-order valence-electron chi connectivity index (χ4n) is 2.32. The van der Waals surface area contributed by atoms with Gasteiger partial charge in [0.05, 0.1) is 4.90 Å². The van der Waals surface area contributed by atoms with E-state index in [2.05, 4.69) is 12.2 Å². The Morgan fingerprint density at radius 1 is 1.50 bits per heavy atom. The summed E-state index contributed by atoms with van der Waals surface area (Å²) in [5, 5.41) is 5.15. The van der Waals surface area contributed by atoms with E-state index < -0.39 is 10.0 Å². The van der Waals surface area contributed by atoms with Crippen molar-refractivity contribution in [2.24, 2.45) is 5.92 Å². The minimum Gasteiger partial charge on any atom is -0.312 e. The number of hydrogen-bond acceptors (Lipinski definition) is 4. The normalized spacial score (nSPS) is 17.6. The molecule has 114 valence electrons. The van der Waals surface area contributed by atoms with Gasteiger partial charge in [-0.05, 0) is 50.1 Å². The zero-order chi connectivity index (χ0) is 14.8. The van der Waals surface area contributed by atoms with Gasteiger partial charge in [-0.2, -0.15) is 4.31 Å². The molecule has 0 saturated heterocycles. The quantitative estimate of drug-likeness (QED) is 0.750. The monoisotopic (exact) mass is 316 g/mol. The van der Waals surface area contributed by atoms with Crippen molar-refractivity contribution >= 4 is 21.4 Å². The van der Waals surface area contributed by atoms with Gasteiger partial charge in [-0.15, -0.1) is 11.3 Å². The van der Waals surface area contributed by atoms with Gasteiger partial charge in [0, 0.05) is 24.5 Å². The summed E-state index contributed by atoms with van der Waals surface area (Å²) in [6, 6.07) is 1.83. The molecule has 1 aliphatic rings. The lowest BCUT2D eigenvalue weighted by atomic mass is 10.2. The molecule has 0 aliphatic heterocycles. The van der Waals surface area contributed by atoms with Crippen molar-refractivity contribution < 1.29 is 8.42 Å². The number of thiophene rings is 1. The summed E-state index contributed by atoms with van der Waals surface area (Å²) in [5.41, 5.74) is 0. The standard InChI is InChI=1S/C14H24N2O2S2/c1-4-8-15-10-13-14(7-9-19-13)20(17,18)16(3)11(2)12-5-6-12/h7,9,11-12,15H,4-6,8,10H2,1-3H3. The molecule has 0 spiro atoms. The summed E-state index contributed by atoms with van der Waals surface area (Å²) in [6.45, 7) is 5.65. The highest BCUT2D eigenvalue weighted by atomic mass is 32.2. The fourth-order valence-corrected chi connectivity index (χ4v) is 5.12. The van der Waals surface area contributed by atoms with E-state index >= 15 is 0 Å². The molecule has 4 nitrogen and oxygen atoms in total. The van der Waals surface area contributed by atoms with E-state index in [1.807, 2.05) is 12.3 Å². The first-order valence-electron chi connectivity index (χ1n) is 7.23. The van der Waals surface area contributed by atoms with E-state index in [1.54, 1.807) is 17.4 Å². The van der Waals surface area contributed by atoms with Crippen molar-refractivity contribution in [1.29, 1.82) is 0 Å². The largest absolute Gasteiger partial charge is 0.312 e. The number of hydrogen-bond donors (Lipinski definition) is 1. The fraction of sp³-hybridized carbons (Fsp3) is 0.714. The van der Waals surface area contributed by atoms with Crippen molar-refractivity contribution in [3.63, 3.8) is 0 Å². The lowest BCUT2D eigenvalue weighted by molar-refractivity contribution is 0.357. The summed E-state index contributed by atoms with van der Waals surface area (Å²) in [7, 11) is -1.66. The molecule has 0 aromatic carbocycles. The van der Waals surface area contributed by atoms with Gasteiger partial charge in [-0.25, -0.2) is 8.42 Å². The van der Waals surface area contributed by atoms with Crippen LogP contribution in [-0.2, 0) is 16.6 Å². The maximum absolute atomic E-state index is 12.7. The van der Waals surface area contributed by atoms with Crippen LogP contribution >= 0.6 is 11.3 Å². The molecule has 1 heterocycles. The van der Waals surface area contributed by atoms with Crippen molar-refractivity contribution in [2.45, 2.75) is 50.6 Å². The van der Waals surface area contributed by atoms with Gasteiger partial charge in [0.15, 0.2) is 0 Å². The Hall–Kier alpha value is -0.430. The third-order valence-corrected chi connectivity index (χ3v) is 7.03. The minimum absolute atomic E-state index is 0.0938. The molecule has 1 N–H and O–H groups in total. The van der Waals surface area contributed by atoms with Crippen LogP contribution in [-0.4, -0.2) is 32.4 Å². The average Bonchev–Trinajstić information content (AvgIpc) is 3.16. The van der Waals surface area contributed by atoms with Crippen LogP contribution in [0.25, 0.3) is 0 Å². The summed E-state index contributed by atoms with van der Waals surface area (Å²) in [4.78, 5) is 1.38. The highest BCUT2D eigenvalue weighted by Crippen LogP contribution is 2.37. The van der Waals surface area contributed by atoms with Crippen molar-refractivity contribution in [1.82, 2.24) is 9.62 Å². The molecule has 2 rings (SSSR count). The first-order valence-corrected chi connectivity index (χ1v) is 9.55. The zero-order valence-corrected chi connectivity index (χ0v) is 14.1. The first-order chi connectivity index (χ1) is 9.48. The lowest BCUT2D eigenvalue weighted by Gasteiger charge is -2.24. The van der Waals surface area contributed by atoms with E-state index in [9.17, 15) is 8.42 Å². The Morgan fingerprint density at radius 3 is 2.80 bits per heavy atom. The number of nitrogens with one attached hydrogen (secondary N) is 1. The van der Waals surface area contributed by atoms with Gasteiger partial charge < -0.3 is 5.32 Å². The van der Waals surface area contributed by atoms with E-state index in [0.717, 1.165) is 30.7 Å². The van der Waals surface area contributed by atoms with Crippen molar-refractivity contribution in [3.05, 3.63) is 16.3 Å². The van der Waals surface area contributed by atoms with Gasteiger partial charge in [0.1, 0.15) is 0 Å². The molecule has 1 saturated carbocycles. The molecule has 20 heavy (non-hydrogen) atoms. The number of sulfonamides is 1. The summed E-state index contributed by atoms with van der Waals surface area (Å²) in [6.07, 6.45) is 3.34. The minimum atomic E-state index is -3.36. The molecular weight excluding hydrogens is 292 g/mol. The Morgan fingerprint density at radius 2 is 2.20 bits per heavy atom. The van der Waals surface area contributed by atoms with Crippen LogP contribution in [0.4, 0.5) is 0 Å². The highest BCUT2D eigenvalue weighted by Gasteiger charge is 2.36. The molecule has 1 fully saturated rings. The SMILES string of the molecule is CCCNCc1sccc1S(=O)(=O)N(C)C(C)C1CC1. The van der Waals surface area contributed by atoms with E-state index in [1.165, 1.54) is 11.3 Å². The second kappa shape index (κ2) is 6.56. The van der Waals surface area contributed by atoms with Crippen LogP contribution in [0.2, 0.25) is 0 Å². The second-order valence-corrected chi connectivity index (χ2v) is 8.45. The van der Waals surface area contributed by atoms with E-state index in [4.69, 9.17) is 0 Å². The average molecular weight is 316 g/mol. The van der Waals surface area contributed by atoms with Crippen molar-refractivity contribution in [3.8, 4) is 0 Å². The molecule has 1 unspecified atom stereocenters. The maximum atomic E-state index is 12.7. The Balaban J connectivity index is 2.14. The molecule has 0 bridgehead atoms. The third-order valence-electron chi connectivity index (χ3n) is 3.95. The van der Waals surface area contributed by atoms with Gasteiger partial charge >= 0.3 is 0 Å². The van der Waals surface area contributed by atoms with Gasteiger partial charge in [-0.3, -0.25) is 0 Å². The van der Waals surface area contributed by atoms with Gasteiger partial charge in [-0.1, -0.05) is 6.92 Å². The second-order valence-electron chi connectivity index (χ2n) is 5.48. The molecular formula is C14H24N2O2S2. The lowest BCUT2D eigenvalue weighted by Crippen LogP contribution is -2.36. The number of nitrogens with zero attached hydrogens (tertiary/aromatic N) is 1. The first kappa shape index (κ1) is 15.9. The zero-order valence-electron chi connectivity index (χ0n) is 12.4. The van der Waals surface area contributed by atoms with Crippen LogP contribution in [0.5, 0.6) is 0 Å². The maximum Gasteiger partial charge on any atom is 0.244 e. The Kier molecular flexibility index (Phi) is 5.23. The van der Waals surface area contributed by atoms with Crippen LogP contribution in [0.1, 0.15) is 38.0 Å². The van der Waals surface area contributed by atoms with Crippen LogP contribution < -0.4 is 5.32 Å². The predicted molar refractivity (Wildman–Crippen MR) is 83.5 cm³/mol. The molecule has 0 amide bonds. The van der Waals surface area contributed by atoms with E-state index in [0.29, 0.717) is 17.4 Å². The molecule has 1 atom stereocenters. The third kappa shape index (κ3) is 3.42. The van der Waals surface area contributed by atoms with Crippen LogP contribution in [0.3, 0.4) is 0 Å². The van der Waals surface area contributed by atoms with Gasteiger partial charge in [0.2, 0.25) is 10.0 Å². The molecule has 6 heteroatoms. The highest BCUT2D eigenvalue weighted by molar-refractivity contribution is 7.89.